The average molecular weight is 362 g/mol. The molecule has 5 heteroatoms. The van der Waals surface area contributed by atoms with E-state index in [0.29, 0.717) is 22.2 Å². The molecule has 0 heterocycles. The standard InChI is InChI=1S/C20H24ClNO3/c1-5-20(2,3)14-6-9-16(10-7-14)25-13-19(23)22-15-8-11-18(24-4)17(21)12-15/h6-12H,5,13H2,1-4H3,(H,22,23). The van der Waals surface area contributed by atoms with E-state index < -0.39 is 0 Å². The van der Waals surface area contributed by atoms with Crippen molar-refractivity contribution < 1.29 is 14.3 Å². The van der Waals surface area contributed by atoms with Crippen LogP contribution < -0.4 is 14.8 Å². The fourth-order valence-electron chi connectivity index (χ4n) is 2.30. The lowest BCUT2D eigenvalue weighted by Crippen LogP contribution is -2.20. The first kappa shape index (κ1) is 19.1. The number of ether oxygens (including phenoxy) is 2. The zero-order chi connectivity index (χ0) is 18.4. The molecule has 0 radical (unpaired) electrons. The molecule has 0 aliphatic rings. The second-order valence-corrected chi connectivity index (χ2v) is 6.86. The van der Waals surface area contributed by atoms with E-state index in [1.807, 2.05) is 24.3 Å². The Kier molecular flexibility index (Phi) is 6.32. The Hall–Kier alpha value is -2.20. The molecule has 0 saturated carbocycles. The fraction of sp³-hybridized carbons (Fsp3) is 0.350. The smallest absolute Gasteiger partial charge is 0.262 e. The largest absolute Gasteiger partial charge is 0.495 e. The van der Waals surface area contributed by atoms with Gasteiger partial charge in [0.15, 0.2) is 6.61 Å². The molecule has 0 aliphatic heterocycles. The van der Waals surface area contributed by atoms with Crippen molar-refractivity contribution >= 4 is 23.2 Å². The SMILES string of the molecule is CCC(C)(C)c1ccc(OCC(=O)Nc2ccc(OC)c(Cl)c2)cc1. The summed E-state index contributed by atoms with van der Waals surface area (Å²) in [6.45, 7) is 6.51. The third-order valence-corrected chi connectivity index (χ3v) is 4.62. The van der Waals surface area contributed by atoms with Crippen molar-refractivity contribution in [3.8, 4) is 11.5 Å². The first-order chi connectivity index (χ1) is 11.9. The molecule has 1 N–H and O–H groups in total. The number of anilines is 1. The molecule has 4 nitrogen and oxygen atoms in total. The second kappa shape index (κ2) is 8.26. The molecule has 25 heavy (non-hydrogen) atoms. The summed E-state index contributed by atoms with van der Waals surface area (Å²) in [5.74, 6) is 0.976. The lowest BCUT2D eigenvalue weighted by atomic mass is 9.82. The Morgan fingerprint density at radius 2 is 1.84 bits per heavy atom. The lowest BCUT2D eigenvalue weighted by molar-refractivity contribution is -0.118. The predicted octanol–water partition coefficient (Wildman–Crippen LogP) is 5.05. The number of rotatable bonds is 7. The fourth-order valence-corrected chi connectivity index (χ4v) is 2.55. The highest BCUT2D eigenvalue weighted by molar-refractivity contribution is 6.32. The van der Waals surface area contributed by atoms with Crippen LogP contribution in [0.1, 0.15) is 32.8 Å². The van der Waals surface area contributed by atoms with E-state index in [1.54, 1.807) is 25.3 Å². The normalized spacial score (nSPS) is 11.1. The summed E-state index contributed by atoms with van der Waals surface area (Å²) < 4.78 is 10.6. The van der Waals surface area contributed by atoms with Gasteiger partial charge in [-0.05, 0) is 47.7 Å². The minimum absolute atomic E-state index is 0.0693. The van der Waals surface area contributed by atoms with Gasteiger partial charge < -0.3 is 14.8 Å². The number of carbonyl (C=O) groups is 1. The van der Waals surface area contributed by atoms with Crippen molar-refractivity contribution in [1.82, 2.24) is 0 Å². The van der Waals surface area contributed by atoms with Crippen molar-refractivity contribution in [3.63, 3.8) is 0 Å². The van der Waals surface area contributed by atoms with Crippen LogP contribution in [0.3, 0.4) is 0 Å². The molecule has 1 amide bonds. The van der Waals surface area contributed by atoms with E-state index in [1.165, 1.54) is 5.56 Å². The third-order valence-electron chi connectivity index (χ3n) is 4.33. The van der Waals surface area contributed by atoms with Gasteiger partial charge in [-0.2, -0.15) is 0 Å². The lowest BCUT2D eigenvalue weighted by Gasteiger charge is -2.23. The Morgan fingerprint density at radius 1 is 1.16 bits per heavy atom. The van der Waals surface area contributed by atoms with Crippen LogP contribution in [-0.2, 0) is 10.2 Å². The van der Waals surface area contributed by atoms with Crippen molar-refractivity contribution in [2.45, 2.75) is 32.6 Å². The van der Waals surface area contributed by atoms with Gasteiger partial charge in [0.1, 0.15) is 11.5 Å². The summed E-state index contributed by atoms with van der Waals surface area (Å²) in [6, 6.07) is 12.9. The topological polar surface area (TPSA) is 47.6 Å². The van der Waals surface area contributed by atoms with E-state index in [0.717, 1.165) is 6.42 Å². The van der Waals surface area contributed by atoms with Gasteiger partial charge in [-0.3, -0.25) is 4.79 Å². The average Bonchev–Trinajstić information content (AvgIpc) is 2.60. The minimum Gasteiger partial charge on any atom is -0.495 e. The van der Waals surface area contributed by atoms with Gasteiger partial charge in [0.05, 0.1) is 12.1 Å². The van der Waals surface area contributed by atoms with Gasteiger partial charge in [-0.1, -0.05) is 44.5 Å². The molecule has 2 aromatic carbocycles. The first-order valence-corrected chi connectivity index (χ1v) is 8.60. The van der Waals surface area contributed by atoms with E-state index in [-0.39, 0.29) is 17.9 Å². The van der Waals surface area contributed by atoms with Crippen LogP contribution in [0.2, 0.25) is 5.02 Å². The van der Waals surface area contributed by atoms with E-state index in [9.17, 15) is 4.79 Å². The first-order valence-electron chi connectivity index (χ1n) is 8.22. The number of hydrogen-bond acceptors (Lipinski definition) is 3. The van der Waals surface area contributed by atoms with Crippen LogP contribution in [0, 0.1) is 0 Å². The Labute approximate surface area is 154 Å². The third kappa shape index (κ3) is 5.13. The molecule has 0 saturated heterocycles. The van der Waals surface area contributed by atoms with Crippen LogP contribution >= 0.6 is 11.6 Å². The maximum absolute atomic E-state index is 12.0. The number of methoxy groups -OCH3 is 1. The summed E-state index contributed by atoms with van der Waals surface area (Å²) >= 11 is 6.04. The highest BCUT2D eigenvalue weighted by Crippen LogP contribution is 2.28. The molecular weight excluding hydrogens is 338 g/mol. The quantitative estimate of drug-likeness (QED) is 0.750. The molecule has 134 valence electrons. The van der Waals surface area contributed by atoms with E-state index >= 15 is 0 Å². The molecule has 2 aromatic rings. The van der Waals surface area contributed by atoms with E-state index in [4.69, 9.17) is 21.1 Å². The van der Waals surface area contributed by atoms with Gasteiger partial charge in [-0.25, -0.2) is 0 Å². The summed E-state index contributed by atoms with van der Waals surface area (Å²) in [4.78, 5) is 12.0. The monoisotopic (exact) mass is 361 g/mol. The zero-order valence-corrected chi connectivity index (χ0v) is 15.8. The van der Waals surface area contributed by atoms with Gasteiger partial charge in [0.25, 0.3) is 5.91 Å². The molecule has 2 rings (SSSR count). The van der Waals surface area contributed by atoms with Gasteiger partial charge in [0, 0.05) is 5.69 Å². The van der Waals surface area contributed by atoms with Crippen LogP contribution in [0.5, 0.6) is 11.5 Å². The highest BCUT2D eigenvalue weighted by atomic mass is 35.5. The van der Waals surface area contributed by atoms with Crippen molar-refractivity contribution in [2.24, 2.45) is 0 Å². The Balaban J connectivity index is 1.90. The van der Waals surface area contributed by atoms with Crippen molar-refractivity contribution in [1.29, 1.82) is 0 Å². The Bertz CT molecular complexity index is 726. The number of amides is 1. The van der Waals surface area contributed by atoms with Crippen molar-refractivity contribution in [3.05, 3.63) is 53.1 Å². The van der Waals surface area contributed by atoms with Gasteiger partial charge in [-0.15, -0.1) is 0 Å². The summed E-state index contributed by atoms with van der Waals surface area (Å²) in [6.07, 6.45) is 1.06. The predicted molar refractivity (Wildman–Crippen MR) is 102 cm³/mol. The van der Waals surface area contributed by atoms with E-state index in [2.05, 4.69) is 26.1 Å². The highest BCUT2D eigenvalue weighted by Gasteiger charge is 2.17. The maximum Gasteiger partial charge on any atom is 0.262 e. The second-order valence-electron chi connectivity index (χ2n) is 6.45. The van der Waals surface area contributed by atoms with Crippen LogP contribution in [-0.4, -0.2) is 19.6 Å². The molecule has 0 spiro atoms. The zero-order valence-electron chi connectivity index (χ0n) is 15.1. The van der Waals surface area contributed by atoms with Crippen LogP contribution in [0.4, 0.5) is 5.69 Å². The summed E-state index contributed by atoms with van der Waals surface area (Å²) in [7, 11) is 1.54. The number of halogens is 1. The van der Waals surface area contributed by atoms with Gasteiger partial charge >= 0.3 is 0 Å². The molecule has 0 aliphatic carbocycles. The number of benzene rings is 2. The summed E-state index contributed by atoms with van der Waals surface area (Å²) in [5.41, 5.74) is 1.97. The van der Waals surface area contributed by atoms with Crippen LogP contribution in [0.15, 0.2) is 42.5 Å². The van der Waals surface area contributed by atoms with Gasteiger partial charge in [0.2, 0.25) is 0 Å². The maximum atomic E-state index is 12.0. The van der Waals surface area contributed by atoms with Crippen molar-refractivity contribution in [2.75, 3.05) is 19.0 Å². The minimum atomic E-state index is -0.251. The number of carbonyl (C=O) groups excluding carboxylic acids is 1. The molecule has 0 unspecified atom stereocenters. The number of nitrogens with one attached hydrogen (secondary N) is 1. The molecule has 0 bridgehead atoms. The Morgan fingerprint density at radius 3 is 2.40 bits per heavy atom. The molecule has 0 atom stereocenters. The molecular formula is C20H24ClNO3. The molecule has 0 fully saturated rings. The number of hydrogen-bond donors (Lipinski definition) is 1. The summed E-state index contributed by atoms with van der Waals surface area (Å²) in [5, 5.41) is 3.19. The van der Waals surface area contributed by atoms with Crippen LogP contribution in [0.25, 0.3) is 0 Å². The molecule has 0 aromatic heterocycles.